The van der Waals surface area contributed by atoms with Gasteiger partial charge < -0.3 is 5.32 Å². The maximum absolute atomic E-state index is 13.2. The molecule has 0 bridgehead atoms. The van der Waals surface area contributed by atoms with Crippen molar-refractivity contribution in [2.45, 2.75) is 58.9 Å². The zero-order valence-electron chi connectivity index (χ0n) is 15.3. The number of anilines is 1. The van der Waals surface area contributed by atoms with E-state index >= 15 is 0 Å². The van der Waals surface area contributed by atoms with E-state index in [9.17, 15) is 9.18 Å². The fourth-order valence-electron chi connectivity index (χ4n) is 3.68. The van der Waals surface area contributed by atoms with E-state index in [0.29, 0.717) is 23.9 Å². The van der Waals surface area contributed by atoms with Crippen LogP contribution in [0.25, 0.3) is 0 Å². The number of amides is 1. The van der Waals surface area contributed by atoms with E-state index in [1.807, 2.05) is 13.8 Å². The van der Waals surface area contributed by atoms with Crippen LogP contribution in [0.5, 0.6) is 0 Å². The number of nitrogens with zero attached hydrogens (tertiary/aromatic N) is 2. The molecule has 1 aliphatic rings. The average molecular weight is 378 g/mol. The van der Waals surface area contributed by atoms with Crippen molar-refractivity contribution in [1.82, 2.24) is 9.78 Å². The number of hydrogen-bond acceptors (Lipinski definition) is 2. The molecule has 1 heterocycles. The summed E-state index contributed by atoms with van der Waals surface area (Å²) in [6.45, 7) is 4.23. The van der Waals surface area contributed by atoms with Crippen LogP contribution in [0, 0.1) is 25.6 Å². The summed E-state index contributed by atoms with van der Waals surface area (Å²) < 4.78 is 15.0. The van der Waals surface area contributed by atoms with Crippen molar-refractivity contribution in [1.29, 1.82) is 0 Å². The van der Waals surface area contributed by atoms with E-state index in [0.717, 1.165) is 29.1 Å². The second-order valence-electron chi connectivity index (χ2n) is 7.18. The van der Waals surface area contributed by atoms with Crippen LogP contribution in [-0.2, 0) is 11.3 Å². The maximum atomic E-state index is 13.2. The van der Waals surface area contributed by atoms with Crippen molar-refractivity contribution in [2.75, 3.05) is 5.32 Å². The molecule has 1 amide bonds. The number of halogens is 2. The maximum Gasteiger partial charge on any atom is 0.224 e. The highest BCUT2D eigenvalue weighted by Gasteiger charge is 2.18. The first-order valence-electron chi connectivity index (χ1n) is 9.22. The van der Waals surface area contributed by atoms with Crippen LogP contribution in [0.4, 0.5) is 10.1 Å². The van der Waals surface area contributed by atoms with Gasteiger partial charge in [0.1, 0.15) is 5.82 Å². The summed E-state index contributed by atoms with van der Waals surface area (Å²) in [7, 11) is 0. The number of rotatable bonds is 6. The molecule has 0 atom stereocenters. The predicted octanol–water partition coefficient (Wildman–Crippen LogP) is 5.25. The molecule has 2 aromatic rings. The molecule has 1 N–H and O–H groups in total. The van der Waals surface area contributed by atoms with Gasteiger partial charge >= 0.3 is 0 Å². The van der Waals surface area contributed by atoms with Crippen molar-refractivity contribution >= 4 is 23.2 Å². The number of nitrogens with one attached hydrogen (secondary N) is 1. The first-order chi connectivity index (χ1) is 12.4. The number of aromatic nitrogens is 2. The Morgan fingerprint density at radius 3 is 2.77 bits per heavy atom. The monoisotopic (exact) mass is 377 g/mol. The van der Waals surface area contributed by atoms with Gasteiger partial charge in [-0.3, -0.25) is 9.48 Å². The second kappa shape index (κ2) is 8.21. The summed E-state index contributed by atoms with van der Waals surface area (Å²) in [6, 6.07) is 4.35. The number of hydrogen-bond donors (Lipinski definition) is 1. The lowest BCUT2D eigenvalue weighted by Gasteiger charge is -2.10. The van der Waals surface area contributed by atoms with E-state index in [1.165, 1.54) is 37.8 Å². The smallest absolute Gasteiger partial charge is 0.224 e. The minimum Gasteiger partial charge on any atom is -0.323 e. The first-order valence-corrected chi connectivity index (χ1v) is 9.59. The minimum atomic E-state index is -0.359. The van der Waals surface area contributed by atoms with Crippen LogP contribution in [0.2, 0.25) is 5.02 Å². The Hall–Kier alpha value is -1.88. The molecule has 1 aliphatic carbocycles. The molecule has 1 fully saturated rings. The molecule has 26 heavy (non-hydrogen) atoms. The number of carbonyl (C=O) groups is 1. The largest absolute Gasteiger partial charge is 0.323 e. The molecular weight excluding hydrogens is 353 g/mol. The molecule has 6 heteroatoms. The molecule has 3 rings (SSSR count). The quantitative estimate of drug-likeness (QED) is 0.747. The van der Waals surface area contributed by atoms with Crippen molar-refractivity contribution in [3.05, 3.63) is 46.0 Å². The summed E-state index contributed by atoms with van der Waals surface area (Å²) in [5, 5.41) is 7.90. The third-order valence-corrected chi connectivity index (χ3v) is 5.59. The molecular formula is C20H25ClFN3O. The highest BCUT2D eigenvalue weighted by atomic mass is 35.5. The van der Waals surface area contributed by atoms with Gasteiger partial charge in [0.05, 0.1) is 23.6 Å². The van der Waals surface area contributed by atoms with E-state index in [2.05, 4.69) is 10.4 Å². The summed E-state index contributed by atoms with van der Waals surface area (Å²) in [5.41, 5.74) is 3.20. The highest BCUT2D eigenvalue weighted by molar-refractivity contribution is 6.31. The van der Waals surface area contributed by atoms with Gasteiger partial charge in [0.2, 0.25) is 5.91 Å². The first kappa shape index (κ1) is 18.9. The van der Waals surface area contributed by atoms with Gasteiger partial charge in [-0.25, -0.2) is 4.39 Å². The Balaban J connectivity index is 1.66. The molecule has 1 aromatic carbocycles. The number of benzene rings is 1. The van der Waals surface area contributed by atoms with Crippen molar-refractivity contribution in [3.63, 3.8) is 0 Å². The molecule has 0 unspecified atom stereocenters. The lowest BCUT2D eigenvalue weighted by molar-refractivity contribution is -0.116. The standard InChI is InChI=1S/C20H25ClFN3O/c1-13-20(23-19(26)10-7-15-5-3-4-6-15)14(2)25(24-13)12-16-8-9-17(22)11-18(16)21/h8-9,11,15H,3-7,10,12H2,1-2H3,(H,23,26). The normalized spacial score (nSPS) is 14.8. The van der Waals surface area contributed by atoms with Crippen molar-refractivity contribution in [3.8, 4) is 0 Å². The van der Waals surface area contributed by atoms with E-state index in [1.54, 1.807) is 10.7 Å². The van der Waals surface area contributed by atoms with Crippen LogP contribution in [0.1, 0.15) is 55.5 Å². The van der Waals surface area contributed by atoms with Gasteiger partial charge in [-0.2, -0.15) is 5.10 Å². The van der Waals surface area contributed by atoms with Crippen LogP contribution >= 0.6 is 11.6 Å². The fourth-order valence-corrected chi connectivity index (χ4v) is 3.91. The SMILES string of the molecule is Cc1nn(Cc2ccc(F)cc2Cl)c(C)c1NC(=O)CCC1CCCC1. The molecule has 0 saturated heterocycles. The van der Waals surface area contributed by atoms with E-state index in [-0.39, 0.29) is 11.7 Å². The summed E-state index contributed by atoms with van der Waals surface area (Å²) in [4.78, 5) is 12.3. The third-order valence-electron chi connectivity index (χ3n) is 5.24. The van der Waals surface area contributed by atoms with Gasteiger partial charge in [0.25, 0.3) is 0 Å². The predicted molar refractivity (Wildman–Crippen MR) is 102 cm³/mol. The summed E-state index contributed by atoms with van der Waals surface area (Å²) in [6.07, 6.45) is 6.61. The Bertz CT molecular complexity index is 797. The van der Waals surface area contributed by atoms with Gasteiger partial charge in [-0.15, -0.1) is 0 Å². The zero-order chi connectivity index (χ0) is 18.7. The molecule has 1 saturated carbocycles. The Kier molecular flexibility index (Phi) is 5.97. The minimum absolute atomic E-state index is 0.0439. The molecule has 1 aromatic heterocycles. The fraction of sp³-hybridized carbons (Fsp3) is 0.500. The molecule has 0 spiro atoms. The van der Waals surface area contributed by atoms with Crippen LogP contribution < -0.4 is 5.32 Å². The summed E-state index contributed by atoms with van der Waals surface area (Å²) >= 11 is 6.12. The average Bonchev–Trinajstić information content (AvgIpc) is 3.20. The second-order valence-corrected chi connectivity index (χ2v) is 7.58. The van der Waals surface area contributed by atoms with Crippen LogP contribution in [0.3, 0.4) is 0 Å². The third kappa shape index (κ3) is 4.44. The Morgan fingerprint density at radius 1 is 1.35 bits per heavy atom. The van der Waals surface area contributed by atoms with Gasteiger partial charge in [0.15, 0.2) is 0 Å². The van der Waals surface area contributed by atoms with Crippen molar-refractivity contribution in [2.24, 2.45) is 5.92 Å². The zero-order valence-corrected chi connectivity index (χ0v) is 16.1. The highest BCUT2D eigenvalue weighted by Crippen LogP contribution is 2.29. The van der Waals surface area contributed by atoms with Gasteiger partial charge in [0, 0.05) is 11.4 Å². The number of aryl methyl sites for hydroxylation is 1. The lowest BCUT2D eigenvalue weighted by Crippen LogP contribution is -2.14. The van der Waals surface area contributed by atoms with Crippen LogP contribution in [0.15, 0.2) is 18.2 Å². The molecule has 0 radical (unpaired) electrons. The van der Waals surface area contributed by atoms with E-state index < -0.39 is 0 Å². The molecule has 0 aliphatic heterocycles. The Morgan fingerprint density at radius 2 is 2.08 bits per heavy atom. The Labute approximate surface area is 158 Å². The van der Waals surface area contributed by atoms with Gasteiger partial charge in [-0.05, 0) is 43.9 Å². The molecule has 140 valence electrons. The van der Waals surface area contributed by atoms with E-state index in [4.69, 9.17) is 11.6 Å². The summed E-state index contributed by atoms with van der Waals surface area (Å²) in [5.74, 6) is 0.385. The lowest BCUT2D eigenvalue weighted by atomic mass is 10.0. The van der Waals surface area contributed by atoms with Gasteiger partial charge in [-0.1, -0.05) is 43.4 Å². The topological polar surface area (TPSA) is 46.9 Å². The number of carbonyl (C=O) groups excluding carboxylic acids is 1. The molecule has 4 nitrogen and oxygen atoms in total. The van der Waals surface area contributed by atoms with Crippen LogP contribution in [-0.4, -0.2) is 15.7 Å². The van der Waals surface area contributed by atoms with Crippen molar-refractivity contribution < 1.29 is 9.18 Å².